The van der Waals surface area contributed by atoms with Crippen molar-refractivity contribution in [2.24, 2.45) is 39.1 Å². The minimum atomic E-state index is -1.23. The number of likely N-dealkylation sites (tertiary alicyclic amines) is 1. The van der Waals surface area contributed by atoms with Crippen molar-refractivity contribution in [3.8, 4) is 0 Å². The number of likely N-dealkylation sites (N-methyl/N-ethyl adjacent to an activating group) is 2. The summed E-state index contributed by atoms with van der Waals surface area (Å²) in [5, 5.41) is 9.54. The average molecular weight is 453 g/mol. The summed E-state index contributed by atoms with van der Waals surface area (Å²) >= 11 is 0. The Morgan fingerprint density at radius 3 is 2.06 bits per heavy atom. The number of aliphatic carboxylic acids is 1. The standard InChI is InChI=1S/C21H36N6O5/c1-20(2)14(21(20,3)4)16(29)25(5)10-11-26(6)19(32)27-13(17(30)31)12(15(27)28)8-7-9-24-18(22)23/h12-14H,7-11H2,1-6H3,(H,30,31)(H4,22,23,24)/t12-,13+/m1/s1. The minimum Gasteiger partial charge on any atom is -0.480 e. The third kappa shape index (κ3) is 4.51. The molecule has 5 N–H and O–H groups in total. The van der Waals surface area contributed by atoms with Gasteiger partial charge in [0.05, 0.1) is 5.92 Å². The fraction of sp³-hybridized carbons (Fsp3) is 0.762. The molecule has 0 aromatic carbocycles. The molecule has 2 atom stereocenters. The molecule has 1 aliphatic carbocycles. The number of rotatable bonds is 9. The van der Waals surface area contributed by atoms with Crippen LogP contribution < -0.4 is 11.5 Å². The molecule has 0 aromatic rings. The van der Waals surface area contributed by atoms with Gasteiger partial charge in [0.2, 0.25) is 11.8 Å². The summed E-state index contributed by atoms with van der Waals surface area (Å²) in [6.45, 7) is 9.00. The first-order chi connectivity index (χ1) is 14.7. The lowest BCUT2D eigenvalue weighted by molar-refractivity contribution is -0.166. The molecule has 0 radical (unpaired) electrons. The molecule has 2 fully saturated rings. The van der Waals surface area contributed by atoms with Crippen molar-refractivity contribution in [3.05, 3.63) is 0 Å². The molecule has 1 saturated carbocycles. The highest BCUT2D eigenvalue weighted by molar-refractivity contribution is 6.07. The van der Waals surface area contributed by atoms with Gasteiger partial charge in [0.1, 0.15) is 0 Å². The van der Waals surface area contributed by atoms with E-state index in [1.165, 1.54) is 11.9 Å². The van der Waals surface area contributed by atoms with E-state index in [1.54, 1.807) is 11.9 Å². The lowest BCUT2D eigenvalue weighted by Crippen LogP contribution is -2.68. The van der Waals surface area contributed by atoms with Crippen LogP contribution in [0.1, 0.15) is 40.5 Å². The maximum absolute atomic E-state index is 12.8. The molecule has 11 heteroatoms. The van der Waals surface area contributed by atoms with E-state index in [2.05, 4.69) is 32.7 Å². The Bertz CT molecular complexity index is 805. The first-order valence-corrected chi connectivity index (χ1v) is 10.8. The van der Waals surface area contributed by atoms with Gasteiger partial charge < -0.3 is 26.4 Å². The Hall–Kier alpha value is -2.85. The number of hydrogen-bond donors (Lipinski definition) is 3. The van der Waals surface area contributed by atoms with Gasteiger partial charge in [-0.2, -0.15) is 0 Å². The van der Waals surface area contributed by atoms with Gasteiger partial charge in [-0.25, -0.2) is 14.5 Å². The largest absolute Gasteiger partial charge is 0.480 e. The van der Waals surface area contributed by atoms with Crippen LogP contribution in [-0.4, -0.2) is 89.4 Å². The van der Waals surface area contributed by atoms with Gasteiger partial charge in [0.15, 0.2) is 12.0 Å². The predicted octanol–water partition coefficient (Wildman–Crippen LogP) is 0.144. The Morgan fingerprint density at radius 1 is 1.06 bits per heavy atom. The maximum Gasteiger partial charge on any atom is 0.327 e. The van der Waals surface area contributed by atoms with Gasteiger partial charge in [0.25, 0.3) is 0 Å². The predicted molar refractivity (Wildman–Crippen MR) is 118 cm³/mol. The van der Waals surface area contributed by atoms with Gasteiger partial charge in [0, 0.05) is 39.6 Å². The third-order valence-corrected chi connectivity index (χ3v) is 7.38. The zero-order chi connectivity index (χ0) is 24.6. The number of carboxylic acids is 1. The number of hydrogen-bond acceptors (Lipinski definition) is 5. The first kappa shape index (κ1) is 25.4. The second kappa shape index (κ2) is 8.95. The lowest BCUT2D eigenvalue weighted by atomic mass is 9.84. The number of nitrogens with zero attached hydrogens (tertiary/aromatic N) is 4. The fourth-order valence-electron chi connectivity index (χ4n) is 4.57. The molecule has 4 amide bonds. The van der Waals surface area contributed by atoms with Crippen molar-refractivity contribution in [1.82, 2.24) is 14.7 Å². The third-order valence-electron chi connectivity index (χ3n) is 7.38. The number of guanidine groups is 1. The van der Waals surface area contributed by atoms with Crippen molar-refractivity contribution in [1.29, 1.82) is 0 Å². The van der Waals surface area contributed by atoms with Crippen LogP contribution in [0.3, 0.4) is 0 Å². The lowest BCUT2D eigenvalue weighted by Gasteiger charge is -2.44. The highest BCUT2D eigenvalue weighted by atomic mass is 16.4. The van der Waals surface area contributed by atoms with Crippen molar-refractivity contribution in [3.63, 3.8) is 0 Å². The van der Waals surface area contributed by atoms with Gasteiger partial charge in [-0.15, -0.1) is 0 Å². The monoisotopic (exact) mass is 452 g/mol. The second-order valence-electron chi connectivity index (χ2n) is 9.89. The number of β-lactam (4-membered cyclic amide) rings is 1. The van der Waals surface area contributed by atoms with Crippen LogP contribution >= 0.6 is 0 Å². The van der Waals surface area contributed by atoms with E-state index in [-0.39, 0.29) is 54.7 Å². The van der Waals surface area contributed by atoms with E-state index in [1.807, 2.05) is 0 Å². The number of carboxylic acid groups (broad SMARTS) is 1. The van der Waals surface area contributed by atoms with Crippen molar-refractivity contribution >= 4 is 29.8 Å². The van der Waals surface area contributed by atoms with Crippen molar-refractivity contribution in [2.75, 3.05) is 33.7 Å². The van der Waals surface area contributed by atoms with E-state index < -0.39 is 29.9 Å². The number of imide groups is 1. The van der Waals surface area contributed by atoms with Crippen LogP contribution in [0, 0.1) is 22.7 Å². The number of aliphatic imine (C=N–C) groups is 1. The number of amides is 4. The molecular formula is C21H36N6O5. The molecule has 32 heavy (non-hydrogen) atoms. The Kier molecular flexibility index (Phi) is 7.11. The van der Waals surface area contributed by atoms with Gasteiger partial charge in [-0.1, -0.05) is 27.7 Å². The topological polar surface area (TPSA) is 163 Å². The number of carbonyl (C=O) groups excluding carboxylic acids is 3. The first-order valence-electron chi connectivity index (χ1n) is 10.8. The molecule has 1 heterocycles. The SMILES string of the molecule is CN(CCN(C)C(=O)N1C(=O)[C@H](CCCN=C(N)N)[C@H]1C(=O)O)C(=O)C1C(C)(C)C1(C)C. The normalized spacial score (nSPS) is 23.2. The average Bonchev–Trinajstić information content (AvgIpc) is 3.09. The second-order valence-corrected chi connectivity index (χ2v) is 9.89. The quantitative estimate of drug-likeness (QED) is 0.194. The molecule has 180 valence electrons. The van der Waals surface area contributed by atoms with Crippen molar-refractivity contribution in [2.45, 2.75) is 46.6 Å². The minimum absolute atomic E-state index is 0.0186. The molecule has 0 unspecified atom stereocenters. The summed E-state index contributed by atoms with van der Waals surface area (Å²) in [5.74, 6) is -2.69. The Morgan fingerprint density at radius 2 is 1.59 bits per heavy atom. The van der Waals surface area contributed by atoms with Crippen LogP contribution in [0.15, 0.2) is 4.99 Å². The van der Waals surface area contributed by atoms with E-state index >= 15 is 0 Å². The van der Waals surface area contributed by atoms with Gasteiger partial charge in [-0.05, 0) is 23.7 Å². The zero-order valence-corrected chi connectivity index (χ0v) is 19.8. The van der Waals surface area contributed by atoms with Crippen LogP contribution in [0.5, 0.6) is 0 Å². The summed E-state index contributed by atoms with van der Waals surface area (Å²) in [5.41, 5.74) is 10.3. The van der Waals surface area contributed by atoms with Crippen LogP contribution in [-0.2, 0) is 14.4 Å². The molecule has 11 nitrogen and oxygen atoms in total. The molecule has 2 aliphatic rings. The zero-order valence-electron chi connectivity index (χ0n) is 19.8. The van der Waals surface area contributed by atoms with Gasteiger partial charge in [-0.3, -0.25) is 14.6 Å². The molecule has 0 bridgehead atoms. The number of urea groups is 1. The molecule has 1 saturated heterocycles. The van der Waals surface area contributed by atoms with Crippen LogP contribution in [0.25, 0.3) is 0 Å². The van der Waals surface area contributed by atoms with E-state index in [4.69, 9.17) is 11.5 Å². The van der Waals surface area contributed by atoms with Gasteiger partial charge >= 0.3 is 12.0 Å². The highest BCUT2D eigenvalue weighted by Gasteiger charge is 2.68. The fourth-order valence-corrected chi connectivity index (χ4v) is 4.57. The molecular weight excluding hydrogens is 416 g/mol. The maximum atomic E-state index is 12.8. The van der Waals surface area contributed by atoms with Crippen LogP contribution in [0.2, 0.25) is 0 Å². The van der Waals surface area contributed by atoms with Crippen LogP contribution in [0.4, 0.5) is 4.79 Å². The van der Waals surface area contributed by atoms with E-state index in [9.17, 15) is 24.3 Å². The molecule has 0 aromatic heterocycles. The van der Waals surface area contributed by atoms with Crippen molar-refractivity contribution < 1.29 is 24.3 Å². The van der Waals surface area contributed by atoms with E-state index in [0.717, 1.165) is 4.90 Å². The number of carbonyl (C=O) groups is 4. The summed E-state index contributed by atoms with van der Waals surface area (Å²) < 4.78 is 0. The summed E-state index contributed by atoms with van der Waals surface area (Å²) in [6.07, 6.45) is 0.695. The summed E-state index contributed by atoms with van der Waals surface area (Å²) in [6, 6.07) is -1.90. The smallest absolute Gasteiger partial charge is 0.327 e. The highest BCUT2D eigenvalue weighted by Crippen LogP contribution is 2.68. The molecule has 1 aliphatic heterocycles. The van der Waals surface area contributed by atoms with E-state index in [0.29, 0.717) is 6.42 Å². The number of nitrogens with two attached hydrogens (primary N) is 2. The summed E-state index contributed by atoms with van der Waals surface area (Å²) in [4.78, 5) is 57.2. The molecule has 0 spiro atoms. The summed E-state index contributed by atoms with van der Waals surface area (Å²) in [7, 11) is 3.18. The Balaban J connectivity index is 1.91. The molecule has 2 rings (SSSR count). The Labute approximate surface area is 188 Å².